The van der Waals surface area contributed by atoms with Crippen molar-refractivity contribution in [3.63, 3.8) is 0 Å². The Kier molecular flexibility index (Phi) is 5.73. The van der Waals surface area contributed by atoms with Gasteiger partial charge in [0.2, 0.25) is 0 Å². The number of anilines is 1. The van der Waals surface area contributed by atoms with Gasteiger partial charge in [0.25, 0.3) is 0 Å². The van der Waals surface area contributed by atoms with Crippen LogP contribution < -0.4 is 10.2 Å². The molecule has 114 valence electrons. The molecule has 0 atom stereocenters. The first kappa shape index (κ1) is 15.9. The Morgan fingerprint density at radius 2 is 1.81 bits per heavy atom. The van der Waals surface area contributed by atoms with Crippen LogP contribution in [0.3, 0.4) is 0 Å². The molecular formula is C16H24N4S. The van der Waals surface area contributed by atoms with Crippen LogP contribution in [0.15, 0.2) is 30.3 Å². The van der Waals surface area contributed by atoms with E-state index >= 15 is 0 Å². The van der Waals surface area contributed by atoms with E-state index in [9.17, 15) is 0 Å². The van der Waals surface area contributed by atoms with E-state index in [1.807, 2.05) is 13.1 Å². The predicted molar refractivity (Wildman–Crippen MR) is 92.1 cm³/mol. The number of aromatic nitrogens is 1. The van der Waals surface area contributed by atoms with Crippen LogP contribution in [0.4, 0.5) is 5.13 Å². The van der Waals surface area contributed by atoms with E-state index in [0.717, 1.165) is 30.5 Å². The van der Waals surface area contributed by atoms with Crippen molar-refractivity contribution in [3.8, 4) is 11.3 Å². The second-order valence-corrected chi connectivity index (χ2v) is 6.45. The fourth-order valence-corrected chi connectivity index (χ4v) is 3.13. The maximum absolute atomic E-state index is 4.86. The minimum absolute atomic E-state index is 0.851. The van der Waals surface area contributed by atoms with Gasteiger partial charge in [0, 0.05) is 37.1 Å². The third-order valence-electron chi connectivity index (χ3n) is 3.28. The molecule has 0 fully saturated rings. The van der Waals surface area contributed by atoms with Gasteiger partial charge >= 0.3 is 0 Å². The monoisotopic (exact) mass is 304 g/mol. The molecule has 0 saturated carbocycles. The third-order valence-corrected chi connectivity index (χ3v) is 4.45. The highest BCUT2D eigenvalue weighted by atomic mass is 32.1. The molecule has 1 heterocycles. The summed E-state index contributed by atoms with van der Waals surface area (Å²) in [6.07, 6.45) is 0. The third kappa shape index (κ3) is 4.27. The number of hydrogen-bond acceptors (Lipinski definition) is 5. The summed E-state index contributed by atoms with van der Waals surface area (Å²) in [5.41, 5.74) is 2.29. The van der Waals surface area contributed by atoms with Crippen molar-refractivity contribution < 1.29 is 0 Å². The lowest BCUT2D eigenvalue weighted by Crippen LogP contribution is -2.28. The molecular weight excluding hydrogens is 280 g/mol. The summed E-state index contributed by atoms with van der Waals surface area (Å²) >= 11 is 1.77. The summed E-state index contributed by atoms with van der Waals surface area (Å²) in [5, 5.41) is 4.32. The Bertz CT molecular complexity index is 551. The molecule has 0 aliphatic carbocycles. The molecule has 0 aliphatic rings. The Morgan fingerprint density at radius 1 is 1.10 bits per heavy atom. The topological polar surface area (TPSA) is 31.4 Å². The SMILES string of the molecule is CNCc1sc(N(C)CCN(C)C)nc1-c1ccccc1. The Morgan fingerprint density at radius 3 is 2.43 bits per heavy atom. The van der Waals surface area contributed by atoms with Crippen molar-refractivity contribution in [1.29, 1.82) is 0 Å². The van der Waals surface area contributed by atoms with Gasteiger partial charge in [-0.1, -0.05) is 41.7 Å². The average molecular weight is 304 g/mol. The van der Waals surface area contributed by atoms with Crippen molar-refractivity contribution in [2.45, 2.75) is 6.54 Å². The molecule has 0 radical (unpaired) electrons. The van der Waals surface area contributed by atoms with Gasteiger partial charge in [-0.05, 0) is 21.1 Å². The normalized spacial score (nSPS) is 11.1. The van der Waals surface area contributed by atoms with Gasteiger partial charge in [-0.3, -0.25) is 0 Å². The summed E-state index contributed by atoms with van der Waals surface area (Å²) in [6.45, 7) is 2.86. The molecule has 1 aromatic carbocycles. The molecule has 0 spiro atoms. The van der Waals surface area contributed by atoms with Crippen LogP contribution in [-0.4, -0.2) is 51.2 Å². The highest BCUT2D eigenvalue weighted by Crippen LogP contribution is 2.32. The molecule has 0 unspecified atom stereocenters. The first-order valence-electron chi connectivity index (χ1n) is 7.17. The number of nitrogens with zero attached hydrogens (tertiary/aromatic N) is 3. The zero-order valence-corrected chi connectivity index (χ0v) is 14.1. The van der Waals surface area contributed by atoms with Crippen molar-refractivity contribution in [2.24, 2.45) is 0 Å². The van der Waals surface area contributed by atoms with E-state index in [1.54, 1.807) is 11.3 Å². The molecule has 5 heteroatoms. The van der Waals surface area contributed by atoms with Crippen LogP contribution in [0, 0.1) is 0 Å². The summed E-state index contributed by atoms with van der Waals surface area (Å²) in [6, 6.07) is 10.4. The molecule has 0 saturated heterocycles. The zero-order chi connectivity index (χ0) is 15.2. The Balaban J connectivity index is 2.24. The molecule has 0 amide bonds. The lowest BCUT2D eigenvalue weighted by molar-refractivity contribution is 0.416. The number of rotatable bonds is 7. The summed E-state index contributed by atoms with van der Waals surface area (Å²) < 4.78 is 0. The minimum atomic E-state index is 0.851. The molecule has 1 aromatic heterocycles. The van der Waals surface area contributed by atoms with Gasteiger partial charge in [-0.15, -0.1) is 0 Å². The van der Waals surface area contributed by atoms with Gasteiger partial charge in [0.1, 0.15) is 0 Å². The first-order chi connectivity index (χ1) is 10.1. The summed E-state index contributed by atoms with van der Waals surface area (Å²) in [4.78, 5) is 10.6. The fourth-order valence-electron chi connectivity index (χ4n) is 2.05. The lowest BCUT2D eigenvalue weighted by atomic mass is 10.1. The summed E-state index contributed by atoms with van der Waals surface area (Å²) in [7, 11) is 8.28. The number of likely N-dealkylation sites (N-methyl/N-ethyl adjacent to an activating group) is 2. The van der Waals surface area contributed by atoms with E-state index in [4.69, 9.17) is 4.98 Å². The molecule has 1 N–H and O–H groups in total. The quantitative estimate of drug-likeness (QED) is 0.852. The van der Waals surface area contributed by atoms with Crippen molar-refractivity contribution in [2.75, 3.05) is 46.2 Å². The van der Waals surface area contributed by atoms with Crippen molar-refractivity contribution in [3.05, 3.63) is 35.2 Å². The van der Waals surface area contributed by atoms with Crippen LogP contribution in [-0.2, 0) is 6.54 Å². The van der Waals surface area contributed by atoms with Gasteiger partial charge in [0.05, 0.1) is 5.69 Å². The lowest BCUT2D eigenvalue weighted by Gasteiger charge is -2.18. The van der Waals surface area contributed by atoms with Crippen LogP contribution in [0.1, 0.15) is 4.88 Å². The van der Waals surface area contributed by atoms with E-state index in [0.29, 0.717) is 0 Å². The second-order valence-electron chi connectivity index (χ2n) is 5.39. The number of thiazole rings is 1. The fraction of sp³-hybridized carbons (Fsp3) is 0.438. The van der Waals surface area contributed by atoms with E-state index in [1.165, 1.54) is 10.4 Å². The van der Waals surface area contributed by atoms with Gasteiger partial charge < -0.3 is 15.1 Å². The zero-order valence-electron chi connectivity index (χ0n) is 13.3. The molecule has 0 aliphatic heterocycles. The number of hydrogen-bond donors (Lipinski definition) is 1. The number of benzene rings is 1. The maximum atomic E-state index is 4.86. The molecule has 0 bridgehead atoms. The van der Waals surface area contributed by atoms with Crippen LogP contribution in [0.25, 0.3) is 11.3 Å². The van der Waals surface area contributed by atoms with Gasteiger partial charge in [-0.2, -0.15) is 0 Å². The van der Waals surface area contributed by atoms with Crippen LogP contribution in [0.5, 0.6) is 0 Å². The smallest absolute Gasteiger partial charge is 0.185 e. The molecule has 2 aromatic rings. The Hall–Kier alpha value is -1.43. The van der Waals surface area contributed by atoms with E-state index in [-0.39, 0.29) is 0 Å². The maximum Gasteiger partial charge on any atom is 0.185 e. The van der Waals surface area contributed by atoms with Crippen molar-refractivity contribution >= 4 is 16.5 Å². The van der Waals surface area contributed by atoms with Crippen molar-refractivity contribution in [1.82, 2.24) is 15.2 Å². The second kappa shape index (κ2) is 7.54. The van der Waals surface area contributed by atoms with Crippen LogP contribution in [0.2, 0.25) is 0 Å². The molecule has 4 nitrogen and oxygen atoms in total. The van der Waals surface area contributed by atoms with E-state index < -0.39 is 0 Å². The highest BCUT2D eigenvalue weighted by Gasteiger charge is 2.15. The number of nitrogens with one attached hydrogen (secondary N) is 1. The Labute approximate surface area is 131 Å². The molecule has 21 heavy (non-hydrogen) atoms. The standard InChI is InChI=1S/C16H24N4S/c1-17-12-14-15(13-8-6-5-7-9-13)18-16(21-14)20(4)11-10-19(2)3/h5-9,17H,10-12H2,1-4H3. The molecule has 2 rings (SSSR count). The average Bonchev–Trinajstić information content (AvgIpc) is 2.90. The van der Waals surface area contributed by atoms with E-state index in [2.05, 4.69) is 60.5 Å². The summed E-state index contributed by atoms with van der Waals surface area (Å²) in [5.74, 6) is 0. The van der Waals surface area contributed by atoms with Gasteiger partial charge in [0.15, 0.2) is 5.13 Å². The van der Waals surface area contributed by atoms with Gasteiger partial charge in [-0.25, -0.2) is 4.98 Å². The first-order valence-corrected chi connectivity index (χ1v) is 7.99. The predicted octanol–water partition coefficient (Wildman–Crippen LogP) is 2.53. The largest absolute Gasteiger partial charge is 0.350 e. The van der Waals surface area contributed by atoms with Crippen LogP contribution >= 0.6 is 11.3 Å². The minimum Gasteiger partial charge on any atom is -0.350 e. The highest BCUT2D eigenvalue weighted by molar-refractivity contribution is 7.16.